The van der Waals surface area contributed by atoms with Crippen LogP contribution < -0.4 is 0 Å². The lowest BCUT2D eigenvalue weighted by Gasteiger charge is -2.42. The van der Waals surface area contributed by atoms with Crippen LogP contribution in [0.25, 0.3) is 0 Å². The molecule has 1 aliphatic heterocycles. The van der Waals surface area contributed by atoms with Crippen molar-refractivity contribution in [2.75, 3.05) is 0 Å². The second-order valence-corrected chi connectivity index (χ2v) is 8.58. The Hall–Kier alpha value is -2.17. The van der Waals surface area contributed by atoms with Crippen molar-refractivity contribution in [1.82, 2.24) is 5.06 Å². The van der Waals surface area contributed by atoms with E-state index in [9.17, 15) is 5.21 Å². The summed E-state index contributed by atoms with van der Waals surface area (Å²) in [4.78, 5) is 0. The number of benzene rings is 3. The number of rotatable bonds is 6. The summed E-state index contributed by atoms with van der Waals surface area (Å²) in [5.74, 6) is 0. The Labute approximate surface area is 177 Å². The highest BCUT2D eigenvalue weighted by Crippen LogP contribution is 2.58. The minimum atomic E-state index is -0.643. The fourth-order valence-corrected chi connectivity index (χ4v) is 4.35. The van der Waals surface area contributed by atoms with Gasteiger partial charge >= 0.3 is 0 Å². The maximum Gasteiger partial charge on any atom is 0.141 e. The van der Waals surface area contributed by atoms with E-state index in [1.54, 1.807) is 0 Å². The summed E-state index contributed by atoms with van der Waals surface area (Å²) in [7, 11) is 0. The highest BCUT2D eigenvalue weighted by Gasteiger charge is 2.63. The van der Waals surface area contributed by atoms with Gasteiger partial charge in [-0.1, -0.05) is 84.4 Å². The van der Waals surface area contributed by atoms with E-state index < -0.39 is 17.2 Å². The summed E-state index contributed by atoms with van der Waals surface area (Å²) < 4.78 is 6.25. The van der Waals surface area contributed by atoms with Crippen LogP contribution in [0.4, 0.5) is 0 Å². The van der Waals surface area contributed by atoms with Crippen LogP contribution in [0.5, 0.6) is 0 Å². The van der Waals surface area contributed by atoms with E-state index in [0.717, 1.165) is 16.7 Å². The summed E-state index contributed by atoms with van der Waals surface area (Å²) in [6, 6.07) is 27.4. The van der Waals surface area contributed by atoms with Crippen LogP contribution in [0.3, 0.4) is 0 Å². The summed E-state index contributed by atoms with van der Waals surface area (Å²) in [5, 5.41) is 13.8. The van der Waals surface area contributed by atoms with E-state index in [1.165, 1.54) is 5.06 Å². The molecule has 3 aromatic carbocycles. The van der Waals surface area contributed by atoms with Crippen LogP contribution in [0.2, 0.25) is 5.02 Å². The maximum absolute atomic E-state index is 11.7. The quantitative estimate of drug-likeness (QED) is 0.383. The number of ether oxygens (including phenoxy) is 1. The first kappa shape index (κ1) is 20.1. The van der Waals surface area contributed by atoms with Crippen LogP contribution >= 0.6 is 11.6 Å². The average Bonchev–Trinajstić information content (AvgIpc) is 3.42. The van der Waals surface area contributed by atoms with Gasteiger partial charge in [0.15, 0.2) is 0 Å². The molecule has 3 atom stereocenters. The monoisotopic (exact) mass is 407 g/mol. The molecule has 3 nitrogen and oxygen atoms in total. The van der Waals surface area contributed by atoms with Crippen molar-refractivity contribution < 1.29 is 9.94 Å². The van der Waals surface area contributed by atoms with E-state index in [-0.39, 0.29) is 6.10 Å². The van der Waals surface area contributed by atoms with Crippen molar-refractivity contribution >= 4 is 11.6 Å². The molecule has 1 N–H and O–H groups in total. The Morgan fingerprint density at radius 2 is 1.45 bits per heavy atom. The van der Waals surface area contributed by atoms with Crippen LogP contribution in [-0.2, 0) is 15.9 Å². The van der Waals surface area contributed by atoms with Gasteiger partial charge in [-0.05, 0) is 49.6 Å². The minimum Gasteiger partial charge on any atom is -0.359 e. The van der Waals surface area contributed by atoms with E-state index in [1.807, 2.05) is 86.6 Å². The number of nitrogens with zero attached hydrogens (tertiary/aromatic N) is 1. The zero-order valence-electron chi connectivity index (χ0n) is 16.9. The molecule has 4 heteroatoms. The zero-order valence-corrected chi connectivity index (χ0v) is 17.7. The molecule has 1 aliphatic rings. The van der Waals surface area contributed by atoms with Crippen LogP contribution in [0.15, 0.2) is 84.9 Å². The van der Waals surface area contributed by atoms with E-state index in [2.05, 4.69) is 19.1 Å². The molecule has 4 rings (SSSR count). The molecule has 1 fully saturated rings. The smallest absolute Gasteiger partial charge is 0.141 e. The van der Waals surface area contributed by atoms with Gasteiger partial charge in [-0.3, -0.25) is 0 Å². The van der Waals surface area contributed by atoms with Gasteiger partial charge in [-0.2, -0.15) is 5.06 Å². The van der Waals surface area contributed by atoms with Crippen LogP contribution in [0.1, 0.15) is 43.5 Å². The first-order valence-corrected chi connectivity index (χ1v) is 10.3. The lowest BCUT2D eigenvalue weighted by atomic mass is 9.81. The fourth-order valence-electron chi connectivity index (χ4n) is 4.22. The topological polar surface area (TPSA) is 36.0 Å². The Balaban J connectivity index is 1.85. The molecule has 0 spiro atoms. The largest absolute Gasteiger partial charge is 0.359 e. The number of hydrogen-bond donors (Lipinski definition) is 1. The molecular formula is C25H26ClNO2. The molecule has 0 aromatic heterocycles. The Morgan fingerprint density at radius 3 is 1.97 bits per heavy atom. The summed E-state index contributed by atoms with van der Waals surface area (Å²) in [5.41, 5.74) is 1.75. The van der Waals surface area contributed by atoms with Gasteiger partial charge in [0.05, 0.1) is 17.7 Å². The van der Waals surface area contributed by atoms with Crippen molar-refractivity contribution in [2.45, 2.75) is 44.1 Å². The van der Waals surface area contributed by atoms with Crippen molar-refractivity contribution in [1.29, 1.82) is 0 Å². The first-order valence-electron chi connectivity index (χ1n) is 9.90. The normalized spacial score (nSPS) is 22.5. The van der Waals surface area contributed by atoms with Crippen molar-refractivity contribution in [3.05, 3.63) is 107 Å². The highest BCUT2D eigenvalue weighted by atomic mass is 35.5. The maximum atomic E-state index is 11.7. The van der Waals surface area contributed by atoms with Crippen LogP contribution in [0, 0.1) is 0 Å². The Bertz CT molecular complexity index is 959. The lowest BCUT2D eigenvalue weighted by molar-refractivity contribution is -0.215. The number of halogens is 1. The van der Waals surface area contributed by atoms with Gasteiger partial charge in [0, 0.05) is 5.02 Å². The van der Waals surface area contributed by atoms with Gasteiger partial charge in [-0.15, -0.1) is 0 Å². The predicted molar refractivity (Wildman–Crippen MR) is 116 cm³/mol. The zero-order chi connectivity index (χ0) is 20.6. The molecule has 0 aliphatic carbocycles. The van der Waals surface area contributed by atoms with Crippen molar-refractivity contribution in [3.63, 3.8) is 0 Å². The average molecular weight is 408 g/mol. The molecule has 29 heavy (non-hydrogen) atoms. The predicted octanol–water partition coefficient (Wildman–Crippen LogP) is 6.32. The molecule has 3 aromatic rings. The van der Waals surface area contributed by atoms with E-state index >= 15 is 0 Å². The standard InChI is InChI=1S/C25H26ClNO2/c1-18-25(29-18,21-12-8-5-9-13-21)23(19-14-16-22(26)17-15-19)27(28)24(2,3)20-10-6-4-7-11-20/h4-18,23,28H,1-3H3/t18-,23+,25+/m1/s1. The Morgan fingerprint density at radius 1 is 0.931 bits per heavy atom. The SMILES string of the molecule is C[C@H]1O[C@@]1(c1ccccc1)[C@H](c1ccc(Cl)cc1)N(O)C(C)(C)c1ccccc1. The third-order valence-corrected chi connectivity index (χ3v) is 6.28. The fraction of sp³-hybridized carbons (Fsp3) is 0.280. The summed E-state index contributed by atoms with van der Waals surface area (Å²) in [6.45, 7) is 6.10. The van der Waals surface area contributed by atoms with Gasteiger partial charge in [0.1, 0.15) is 5.60 Å². The second-order valence-electron chi connectivity index (χ2n) is 8.14. The van der Waals surface area contributed by atoms with Gasteiger partial charge in [0.25, 0.3) is 0 Å². The van der Waals surface area contributed by atoms with Gasteiger partial charge < -0.3 is 9.94 Å². The molecule has 150 valence electrons. The van der Waals surface area contributed by atoms with Crippen LogP contribution in [-0.4, -0.2) is 16.4 Å². The molecule has 0 bridgehead atoms. The van der Waals surface area contributed by atoms with E-state index in [0.29, 0.717) is 5.02 Å². The van der Waals surface area contributed by atoms with Crippen molar-refractivity contribution in [3.8, 4) is 0 Å². The van der Waals surface area contributed by atoms with Gasteiger partial charge in [0.2, 0.25) is 0 Å². The number of epoxide rings is 1. The Kier molecular flexibility index (Phi) is 5.26. The summed E-state index contributed by atoms with van der Waals surface area (Å²) in [6.07, 6.45) is -0.0354. The molecule has 1 heterocycles. The molecule has 1 saturated heterocycles. The molecule has 0 amide bonds. The molecule has 0 unspecified atom stereocenters. The second kappa shape index (κ2) is 7.58. The molecule has 0 radical (unpaired) electrons. The minimum absolute atomic E-state index is 0.0354. The molecular weight excluding hydrogens is 382 g/mol. The number of hydrogen-bond acceptors (Lipinski definition) is 3. The first-order chi connectivity index (χ1) is 13.9. The summed E-state index contributed by atoms with van der Waals surface area (Å²) >= 11 is 6.15. The highest BCUT2D eigenvalue weighted by molar-refractivity contribution is 6.30. The molecule has 0 saturated carbocycles. The number of hydroxylamine groups is 2. The van der Waals surface area contributed by atoms with Crippen molar-refractivity contribution in [2.24, 2.45) is 0 Å². The third-order valence-electron chi connectivity index (χ3n) is 6.03. The third kappa shape index (κ3) is 3.49. The van der Waals surface area contributed by atoms with Gasteiger partial charge in [-0.25, -0.2) is 0 Å². The van der Waals surface area contributed by atoms with E-state index in [4.69, 9.17) is 16.3 Å². The lowest BCUT2D eigenvalue weighted by Crippen LogP contribution is -2.46.